The van der Waals surface area contributed by atoms with Crippen molar-refractivity contribution in [3.05, 3.63) is 24.1 Å². The number of piperidine rings is 1. The first kappa shape index (κ1) is 12.0. The third-order valence-electron chi connectivity index (χ3n) is 2.93. The molecular weight excluding hydrogens is 221 g/mol. The molecule has 17 heavy (non-hydrogen) atoms. The van der Waals surface area contributed by atoms with E-state index in [2.05, 4.69) is 15.6 Å². The summed E-state index contributed by atoms with van der Waals surface area (Å²) in [5.41, 5.74) is 0. The highest BCUT2D eigenvalue weighted by atomic mass is 19.1. The monoisotopic (exact) mass is 237 g/mol. The molecule has 0 spiro atoms. The molecule has 1 saturated heterocycles. The van der Waals surface area contributed by atoms with Gasteiger partial charge in [-0.15, -0.1) is 0 Å². The zero-order valence-electron chi connectivity index (χ0n) is 9.58. The van der Waals surface area contributed by atoms with E-state index in [0.717, 1.165) is 32.1 Å². The van der Waals surface area contributed by atoms with Gasteiger partial charge in [-0.05, 0) is 44.0 Å². The van der Waals surface area contributed by atoms with E-state index in [9.17, 15) is 9.18 Å². The smallest absolute Gasteiger partial charge is 0.225 e. The predicted octanol–water partition coefficient (Wildman–Crippen LogP) is 1.55. The number of nitrogens with zero attached hydrogens (tertiary/aromatic N) is 1. The lowest BCUT2D eigenvalue weighted by Gasteiger charge is -2.21. The second-order valence-corrected chi connectivity index (χ2v) is 4.31. The van der Waals surface area contributed by atoms with Crippen LogP contribution < -0.4 is 10.6 Å². The Morgan fingerprint density at radius 1 is 1.47 bits per heavy atom. The standard InChI is InChI=1S/C12H16FN3O/c13-10-1-2-11(15-8-10)16-12(17)7-9-3-5-14-6-4-9/h1-2,8-9,14H,3-7H2,(H,15,16,17). The first-order chi connectivity index (χ1) is 8.24. The number of halogens is 1. The number of hydrogen-bond donors (Lipinski definition) is 2. The molecule has 92 valence electrons. The fraction of sp³-hybridized carbons (Fsp3) is 0.500. The van der Waals surface area contributed by atoms with Crippen molar-refractivity contribution in [2.45, 2.75) is 19.3 Å². The van der Waals surface area contributed by atoms with E-state index in [1.165, 1.54) is 12.1 Å². The van der Waals surface area contributed by atoms with Gasteiger partial charge in [-0.1, -0.05) is 0 Å². The van der Waals surface area contributed by atoms with Crippen molar-refractivity contribution in [1.82, 2.24) is 10.3 Å². The number of amides is 1. The fourth-order valence-electron chi connectivity index (χ4n) is 1.99. The molecule has 1 fully saturated rings. The molecule has 0 radical (unpaired) electrons. The van der Waals surface area contributed by atoms with Crippen molar-refractivity contribution in [1.29, 1.82) is 0 Å². The topological polar surface area (TPSA) is 54.0 Å². The third-order valence-corrected chi connectivity index (χ3v) is 2.93. The number of carbonyl (C=O) groups is 1. The lowest BCUT2D eigenvalue weighted by atomic mass is 9.94. The average Bonchev–Trinajstić information content (AvgIpc) is 2.33. The molecule has 4 nitrogen and oxygen atoms in total. The Bertz CT molecular complexity index is 374. The second-order valence-electron chi connectivity index (χ2n) is 4.31. The van der Waals surface area contributed by atoms with Crippen LogP contribution in [0.25, 0.3) is 0 Å². The van der Waals surface area contributed by atoms with Crippen molar-refractivity contribution in [2.24, 2.45) is 5.92 Å². The van der Waals surface area contributed by atoms with E-state index in [0.29, 0.717) is 18.2 Å². The summed E-state index contributed by atoms with van der Waals surface area (Å²) < 4.78 is 12.6. The lowest BCUT2D eigenvalue weighted by molar-refractivity contribution is -0.117. The van der Waals surface area contributed by atoms with E-state index < -0.39 is 5.82 Å². The molecule has 5 heteroatoms. The summed E-state index contributed by atoms with van der Waals surface area (Å²) >= 11 is 0. The van der Waals surface area contributed by atoms with Gasteiger partial charge in [0.25, 0.3) is 0 Å². The number of rotatable bonds is 3. The van der Waals surface area contributed by atoms with Crippen LogP contribution in [0.5, 0.6) is 0 Å². The molecule has 0 atom stereocenters. The van der Waals surface area contributed by atoms with Gasteiger partial charge in [-0.25, -0.2) is 9.37 Å². The fourth-order valence-corrected chi connectivity index (χ4v) is 1.99. The Balaban J connectivity index is 1.82. The van der Waals surface area contributed by atoms with Crippen molar-refractivity contribution >= 4 is 11.7 Å². The Labute approximate surface area is 99.6 Å². The van der Waals surface area contributed by atoms with Crippen molar-refractivity contribution in [2.75, 3.05) is 18.4 Å². The van der Waals surface area contributed by atoms with Crippen LogP contribution in [0.1, 0.15) is 19.3 Å². The van der Waals surface area contributed by atoms with Crippen LogP contribution in [-0.2, 0) is 4.79 Å². The normalized spacial score (nSPS) is 16.8. The Hall–Kier alpha value is -1.49. The minimum absolute atomic E-state index is 0.0454. The highest BCUT2D eigenvalue weighted by Gasteiger charge is 2.16. The lowest BCUT2D eigenvalue weighted by Crippen LogP contribution is -2.30. The first-order valence-electron chi connectivity index (χ1n) is 5.86. The summed E-state index contributed by atoms with van der Waals surface area (Å²) in [6, 6.07) is 2.75. The van der Waals surface area contributed by atoms with Crippen LogP contribution >= 0.6 is 0 Å². The first-order valence-corrected chi connectivity index (χ1v) is 5.86. The maximum Gasteiger partial charge on any atom is 0.225 e. The average molecular weight is 237 g/mol. The number of pyridine rings is 1. The highest BCUT2D eigenvalue weighted by molar-refractivity contribution is 5.89. The number of anilines is 1. The maximum atomic E-state index is 12.6. The molecule has 1 amide bonds. The van der Waals surface area contributed by atoms with E-state index >= 15 is 0 Å². The molecular formula is C12H16FN3O. The van der Waals surface area contributed by atoms with Crippen LogP contribution in [0.3, 0.4) is 0 Å². The largest absolute Gasteiger partial charge is 0.317 e. The predicted molar refractivity (Wildman–Crippen MR) is 63.0 cm³/mol. The SMILES string of the molecule is O=C(CC1CCNCC1)Nc1ccc(F)cn1. The van der Waals surface area contributed by atoms with Gasteiger partial charge < -0.3 is 10.6 Å². The Morgan fingerprint density at radius 2 is 2.24 bits per heavy atom. The molecule has 1 aromatic rings. The molecule has 0 saturated carbocycles. The summed E-state index contributed by atoms with van der Waals surface area (Å²) in [5.74, 6) is 0.402. The maximum absolute atomic E-state index is 12.6. The van der Waals surface area contributed by atoms with Crippen molar-refractivity contribution < 1.29 is 9.18 Å². The van der Waals surface area contributed by atoms with E-state index in [-0.39, 0.29) is 5.91 Å². The minimum Gasteiger partial charge on any atom is -0.317 e. The number of aromatic nitrogens is 1. The molecule has 1 aliphatic rings. The zero-order chi connectivity index (χ0) is 12.1. The molecule has 0 aromatic carbocycles. The summed E-state index contributed by atoms with van der Waals surface area (Å²) in [6.45, 7) is 1.96. The van der Waals surface area contributed by atoms with Crippen LogP contribution in [0.2, 0.25) is 0 Å². The van der Waals surface area contributed by atoms with Crippen LogP contribution in [0, 0.1) is 11.7 Å². The van der Waals surface area contributed by atoms with Gasteiger partial charge in [0.05, 0.1) is 6.20 Å². The Morgan fingerprint density at radius 3 is 2.88 bits per heavy atom. The summed E-state index contributed by atoms with van der Waals surface area (Å²) in [6.07, 6.45) is 3.68. The zero-order valence-corrected chi connectivity index (χ0v) is 9.58. The molecule has 1 aromatic heterocycles. The van der Waals surface area contributed by atoms with Crippen molar-refractivity contribution in [3.8, 4) is 0 Å². The van der Waals surface area contributed by atoms with E-state index in [4.69, 9.17) is 0 Å². The van der Waals surface area contributed by atoms with Gasteiger partial charge in [0.15, 0.2) is 0 Å². The summed E-state index contributed by atoms with van der Waals surface area (Å²) in [5, 5.41) is 5.94. The van der Waals surface area contributed by atoms with Gasteiger partial charge in [0.2, 0.25) is 5.91 Å². The number of carbonyl (C=O) groups excluding carboxylic acids is 1. The number of hydrogen-bond acceptors (Lipinski definition) is 3. The third kappa shape index (κ3) is 3.78. The second kappa shape index (κ2) is 5.72. The van der Waals surface area contributed by atoms with Gasteiger partial charge >= 0.3 is 0 Å². The van der Waals surface area contributed by atoms with Crippen LogP contribution in [0.15, 0.2) is 18.3 Å². The molecule has 0 unspecified atom stereocenters. The molecule has 2 heterocycles. The molecule has 0 aliphatic carbocycles. The van der Waals surface area contributed by atoms with Gasteiger partial charge in [-0.3, -0.25) is 4.79 Å². The van der Waals surface area contributed by atoms with E-state index in [1.54, 1.807) is 0 Å². The van der Waals surface area contributed by atoms with Crippen molar-refractivity contribution in [3.63, 3.8) is 0 Å². The van der Waals surface area contributed by atoms with Crippen LogP contribution in [-0.4, -0.2) is 24.0 Å². The summed E-state index contributed by atoms with van der Waals surface area (Å²) in [7, 11) is 0. The summed E-state index contributed by atoms with van der Waals surface area (Å²) in [4.78, 5) is 15.5. The Kier molecular flexibility index (Phi) is 4.03. The van der Waals surface area contributed by atoms with E-state index in [1.807, 2.05) is 0 Å². The minimum atomic E-state index is -0.402. The van der Waals surface area contributed by atoms with Gasteiger partial charge in [0, 0.05) is 6.42 Å². The molecule has 2 rings (SSSR count). The molecule has 0 bridgehead atoms. The highest BCUT2D eigenvalue weighted by Crippen LogP contribution is 2.16. The molecule has 1 aliphatic heterocycles. The van der Waals surface area contributed by atoms with Gasteiger partial charge in [-0.2, -0.15) is 0 Å². The number of nitrogens with one attached hydrogen (secondary N) is 2. The van der Waals surface area contributed by atoms with Crippen LogP contribution in [0.4, 0.5) is 10.2 Å². The van der Waals surface area contributed by atoms with Gasteiger partial charge in [0.1, 0.15) is 11.6 Å². The quantitative estimate of drug-likeness (QED) is 0.838. The molecule has 2 N–H and O–H groups in total.